The fourth-order valence-electron chi connectivity index (χ4n) is 2.87. The van der Waals surface area contributed by atoms with E-state index in [4.69, 9.17) is 21.1 Å². The van der Waals surface area contributed by atoms with Crippen LogP contribution in [0.1, 0.15) is 0 Å². The summed E-state index contributed by atoms with van der Waals surface area (Å²) >= 11 is 5.82. The minimum absolute atomic E-state index is 0.0357. The van der Waals surface area contributed by atoms with E-state index in [-0.39, 0.29) is 23.7 Å². The molecule has 0 aliphatic heterocycles. The Bertz CT molecular complexity index is 1170. The molecule has 1 amide bonds. The van der Waals surface area contributed by atoms with Crippen molar-refractivity contribution in [3.63, 3.8) is 0 Å². The standard InChI is InChI=1S/C23H22ClFN2O5S/c1-31-20-10-12-22(13-11-20)33(29,30)27(19-6-4-18(25)5-7-19)16-23(28)26-14-15-32-21-8-2-17(24)3-9-21/h2-13H,14-16H2,1H3,(H,26,28). The number of ether oxygens (including phenoxy) is 2. The van der Waals surface area contributed by atoms with Gasteiger partial charge in [-0.15, -0.1) is 0 Å². The van der Waals surface area contributed by atoms with Crippen LogP contribution in [0.4, 0.5) is 10.1 Å². The molecular formula is C23H22ClFN2O5S. The van der Waals surface area contributed by atoms with Crippen LogP contribution in [0, 0.1) is 5.82 Å². The fraction of sp³-hybridized carbons (Fsp3) is 0.174. The summed E-state index contributed by atoms with van der Waals surface area (Å²) in [6.45, 7) is -0.169. The second-order valence-corrected chi connectivity index (χ2v) is 9.11. The monoisotopic (exact) mass is 492 g/mol. The molecule has 0 fully saturated rings. The number of nitrogens with one attached hydrogen (secondary N) is 1. The maximum atomic E-state index is 13.4. The van der Waals surface area contributed by atoms with E-state index in [0.29, 0.717) is 16.5 Å². The number of hydrogen-bond acceptors (Lipinski definition) is 5. The average Bonchev–Trinajstić information content (AvgIpc) is 2.82. The van der Waals surface area contributed by atoms with Crippen LogP contribution in [0.3, 0.4) is 0 Å². The van der Waals surface area contributed by atoms with Crippen molar-refractivity contribution in [3.05, 3.63) is 83.6 Å². The molecule has 33 heavy (non-hydrogen) atoms. The highest BCUT2D eigenvalue weighted by molar-refractivity contribution is 7.92. The van der Waals surface area contributed by atoms with Gasteiger partial charge in [-0.3, -0.25) is 9.10 Å². The first-order valence-electron chi connectivity index (χ1n) is 9.87. The van der Waals surface area contributed by atoms with Crippen molar-refractivity contribution in [2.24, 2.45) is 0 Å². The molecule has 0 unspecified atom stereocenters. The molecule has 3 aromatic rings. The molecule has 0 saturated carbocycles. The lowest BCUT2D eigenvalue weighted by Gasteiger charge is -2.24. The molecule has 3 aromatic carbocycles. The van der Waals surface area contributed by atoms with Crippen LogP contribution < -0.4 is 19.1 Å². The molecule has 0 bridgehead atoms. The predicted octanol–water partition coefficient (Wildman–Crippen LogP) is 3.88. The third-order valence-electron chi connectivity index (χ3n) is 4.56. The Labute approximate surface area is 196 Å². The number of carbonyl (C=O) groups excluding carboxylic acids is 1. The molecule has 0 atom stereocenters. The highest BCUT2D eigenvalue weighted by Crippen LogP contribution is 2.25. The molecule has 0 aliphatic carbocycles. The van der Waals surface area contributed by atoms with E-state index in [1.165, 1.54) is 43.5 Å². The van der Waals surface area contributed by atoms with Gasteiger partial charge >= 0.3 is 0 Å². The zero-order valence-corrected chi connectivity index (χ0v) is 19.3. The van der Waals surface area contributed by atoms with E-state index in [1.54, 1.807) is 24.3 Å². The molecule has 10 heteroatoms. The quantitative estimate of drug-likeness (QED) is 0.434. The highest BCUT2D eigenvalue weighted by Gasteiger charge is 2.27. The summed E-state index contributed by atoms with van der Waals surface area (Å²) in [5.74, 6) is 0.00449. The van der Waals surface area contributed by atoms with Crippen molar-refractivity contribution < 1.29 is 27.1 Å². The SMILES string of the molecule is COc1ccc(S(=O)(=O)N(CC(=O)NCCOc2ccc(Cl)cc2)c2ccc(F)cc2)cc1. The number of nitrogens with zero attached hydrogens (tertiary/aromatic N) is 1. The minimum atomic E-state index is -4.11. The summed E-state index contributed by atoms with van der Waals surface area (Å²) < 4.78 is 51.4. The van der Waals surface area contributed by atoms with Crippen LogP contribution in [0.25, 0.3) is 0 Å². The molecule has 0 radical (unpaired) electrons. The second-order valence-electron chi connectivity index (χ2n) is 6.82. The van der Waals surface area contributed by atoms with Gasteiger partial charge in [-0.05, 0) is 72.8 Å². The Balaban J connectivity index is 1.70. The smallest absolute Gasteiger partial charge is 0.264 e. The lowest BCUT2D eigenvalue weighted by Crippen LogP contribution is -2.41. The van der Waals surface area contributed by atoms with Crippen LogP contribution in [0.15, 0.2) is 77.7 Å². The topological polar surface area (TPSA) is 84.9 Å². The molecule has 3 rings (SSSR count). The van der Waals surface area contributed by atoms with Crippen molar-refractivity contribution in [3.8, 4) is 11.5 Å². The van der Waals surface area contributed by atoms with Gasteiger partial charge in [-0.1, -0.05) is 11.6 Å². The van der Waals surface area contributed by atoms with Crippen molar-refractivity contribution >= 4 is 33.2 Å². The number of amides is 1. The number of benzene rings is 3. The van der Waals surface area contributed by atoms with Gasteiger partial charge in [0.2, 0.25) is 5.91 Å². The molecule has 7 nitrogen and oxygen atoms in total. The summed E-state index contributed by atoms with van der Waals surface area (Å²) in [5.41, 5.74) is 0.153. The van der Waals surface area contributed by atoms with E-state index < -0.39 is 28.3 Å². The van der Waals surface area contributed by atoms with Gasteiger partial charge in [-0.25, -0.2) is 12.8 Å². The molecule has 1 N–H and O–H groups in total. The van der Waals surface area contributed by atoms with Gasteiger partial charge in [0.25, 0.3) is 10.0 Å². The van der Waals surface area contributed by atoms with E-state index in [9.17, 15) is 17.6 Å². The van der Waals surface area contributed by atoms with Crippen molar-refractivity contribution in [1.82, 2.24) is 5.32 Å². The summed E-state index contributed by atoms with van der Waals surface area (Å²) in [4.78, 5) is 12.5. The van der Waals surface area contributed by atoms with Gasteiger partial charge in [0.1, 0.15) is 30.5 Å². The van der Waals surface area contributed by atoms with Crippen LogP contribution in [0.2, 0.25) is 5.02 Å². The number of halogens is 2. The lowest BCUT2D eigenvalue weighted by molar-refractivity contribution is -0.119. The van der Waals surface area contributed by atoms with Crippen LogP contribution >= 0.6 is 11.6 Å². The van der Waals surface area contributed by atoms with Crippen molar-refractivity contribution in [2.45, 2.75) is 4.90 Å². The van der Waals surface area contributed by atoms with E-state index in [1.807, 2.05) is 0 Å². The molecule has 0 heterocycles. The van der Waals surface area contributed by atoms with Crippen LogP contribution in [-0.4, -0.2) is 41.1 Å². The number of anilines is 1. The normalized spacial score (nSPS) is 11.0. The zero-order valence-electron chi connectivity index (χ0n) is 17.7. The maximum Gasteiger partial charge on any atom is 0.264 e. The summed E-state index contributed by atoms with van der Waals surface area (Å²) in [5, 5.41) is 3.21. The number of sulfonamides is 1. The number of hydrogen-bond donors (Lipinski definition) is 1. The molecular weight excluding hydrogens is 471 g/mol. The Morgan fingerprint density at radius 2 is 1.58 bits per heavy atom. The third-order valence-corrected chi connectivity index (χ3v) is 6.60. The van der Waals surface area contributed by atoms with E-state index in [2.05, 4.69) is 5.32 Å². The molecule has 0 aromatic heterocycles. The number of rotatable bonds is 10. The molecule has 174 valence electrons. The second kappa shape index (κ2) is 11.0. The van der Waals surface area contributed by atoms with Crippen LogP contribution in [-0.2, 0) is 14.8 Å². The molecule has 0 spiro atoms. The Kier molecular flexibility index (Phi) is 8.13. The first-order valence-corrected chi connectivity index (χ1v) is 11.7. The number of carbonyl (C=O) groups is 1. The van der Waals surface area contributed by atoms with Gasteiger partial charge in [-0.2, -0.15) is 0 Å². The van der Waals surface area contributed by atoms with E-state index in [0.717, 1.165) is 16.4 Å². The van der Waals surface area contributed by atoms with Crippen molar-refractivity contribution in [1.29, 1.82) is 0 Å². The maximum absolute atomic E-state index is 13.4. The zero-order chi connectivity index (χ0) is 23.8. The van der Waals surface area contributed by atoms with Crippen LogP contribution in [0.5, 0.6) is 11.5 Å². The molecule has 0 aliphatic rings. The van der Waals surface area contributed by atoms with Crippen molar-refractivity contribution in [2.75, 3.05) is 31.1 Å². The fourth-order valence-corrected chi connectivity index (χ4v) is 4.42. The summed E-state index contributed by atoms with van der Waals surface area (Å²) in [6, 6.07) is 17.4. The summed E-state index contributed by atoms with van der Waals surface area (Å²) in [7, 11) is -2.65. The molecule has 0 saturated heterocycles. The summed E-state index contributed by atoms with van der Waals surface area (Å²) in [6.07, 6.45) is 0. The largest absolute Gasteiger partial charge is 0.497 e. The van der Waals surface area contributed by atoms with Gasteiger partial charge in [0, 0.05) is 5.02 Å². The Morgan fingerprint density at radius 3 is 2.18 bits per heavy atom. The average molecular weight is 493 g/mol. The van der Waals surface area contributed by atoms with Gasteiger partial charge in [0.05, 0.1) is 24.2 Å². The minimum Gasteiger partial charge on any atom is -0.497 e. The van der Waals surface area contributed by atoms with Gasteiger partial charge in [0.15, 0.2) is 0 Å². The first-order chi connectivity index (χ1) is 15.8. The predicted molar refractivity (Wildman–Crippen MR) is 124 cm³/mol. The number of methoxy groups -OCH3 is 1. The lowest BCUT2D eigenvalue weighted by atomic mass is 10.3. The highest BCUT2D eigenvalue weighted by atomic mass is 35.5. The third kappa shape index (κ3) is 6.59. The first kappa shape index (κ1) is 24.3. The van der Waals surface area contributed by atoms with E-state index >= 15 is 0 Å². The Morgan fingerprint density at radius 1 is 0.970 bits per heavy atom. The van der Waals surface area contributed by atoms with Gasteiger partial charge < -0.3 is 14.8 Å². The Hall–Kier alpha value is -3.30.